The number of hydrogen-bond donors (Lipinski definition) is 2. The molecular weight excluding hydrogens is 440 g/mol. The van der Waals surface area contributed by atoms with Crippen LogP contribution in [0.1, 0.15) is 37.7 Å². The number of nitrogens with zero attached hydrogens (tertiary/aromatic N) is 2. The summed E-state index contributed by atoms with van der Waals surface area (Å²) in [6, 6.07) is 10.6. The van der Waals surface area contributed by atoms with Crippen molar-refractivity contribution in [3.05, 3.63) is 64.5 Å². The summed E-state index contributed by atoms with van der Waals surface area (Å²) in [6.07, 6.45) is 0.571. The molecule has 0 saturated carbocycles. The molecule has 0 fully saturated rings. The Kier molecular flexibility index (Phi) is 5.70. The highest BCUT2D eigenvalue weighted by molar-refractivity contribution is 5.98. The number of fused-ring (bicyclic) bond motifs is 2. The van der Waals surface area contributed by atoms with E-state index in [1.807, 2.05) is 18.2 Å². The van der Waals surface area contributed by atoms with Gasteiger partial charge < -0.3 is 29.2 Å². The van der Waals surface area contributed by atoms with Crippen molar-refractivity contribution in [3.8, 4) is 23.0 Å². The number of benzene rings is 2. The van der Waals surface area contributed by atoms with Crippen LogP contribution in [-0.4, -0.2) is 54.5 Å². The highest BCUT2D eigenvalue weighted by Gasteiger charge is 2.29. The first-order valence-corrected chi connectivity index (χ1v) is 10.8. The van der Waals surface area contributed by atoms with Crippen molar-refractivity contribution >= 4 is 11.8 Å². The minimum absolute atomic E-state index is 0.182. The Balaban J connectivity index is 1.29. The van der Waals surface area contributed by atoms with Gasteiger partial charge in [-0.2, -0.15) is 5.10 Å². The number of methoxy groups -OCH3 is 2. The van der Waals surface area contributed by atoms with Crippen molar-refractivity contribution in [2.24, 2.45) is 0 Å². The van der Waals surface area contributed by atoms with E-state index in [1.165, 1.54) is 7.11 Å². The largest absolute Gasteiger partial charge is 0.497 e. The van der Waals surface area contributed by atoms with Crippen molar-refractivity contribution < 1.29 is 28.5 Å². The number of hydrogen-bond acceptors (Lipinski definition) is 7. The van der Waals surface area contributed by atoms with Crippen LogP contribution in [0.5, 0.6) is 23.0 Å². The van der Waals surface area contributed by atoms with Crippen molar-refractivity contribution in [3.63, 3.8) is 0 Å². The maximum atomic E-state index is 13.2. The van der Waals surface area contributed by atoms with Gasteiger partial charge in [-0.05, 0) is 29.8 Å². The highest BCUT2D eigenvalue weighted by Crippen LogP contribution is 2.32. The van der Waals surface area contributed by atoms with E-state index in [9.17, 15) is 9.59 Å². The minimum Gasteiger partial charge on any atom is -0.497 e. The molecular formula is C24H24N4O6. The van der Waals surface area contributed by atoms with E-state index in [-0.39, 0.29) is 30.8 Å². The smallest absolute Gasteiger partial charge is 0.272 e. The van der Waals surface area contributed by atoms with Crippen LogP contribution < -0.4 is 24.3 Å². The van der Waals surface area contributed by atoms with Crippen LogP contribution in [-0.2, 0) is 19.5 Å². The Morgan fingerprint density at radius 2 is 1.97 bits per heavy atom. The lowest BCUT2D eigenvalue weighted by atomic mass is 10.0. The molecule has 2 aromatic carbocycles. The third-order valence-corrected chi connectivity index (χ3v) is 5.96. The van der Waals surface area contributed by atoms with Gasteiger partial charge in [0.05, 0.1) is 26.3 Å². The van der Waals surface area contributed by atoms with Crippen LogP contribution in [0.15, 0.2) is 36.4 Å². The minimum atomic E-state index is -0.313. The van der Waals surface area contributed by atoms with Crippen LogP contribution in [0, 0.1) is 0 Å². The number of ether oxygens (including phenoxy) is 4. The number of H-pyrrole nitrogens is 1. The summed E-state index contributed by atoms with van der Waals surface area (Å²) in [5.74, 6) is 1.89. The number of carbonyl (C=O) groups excluding carboxylic acids is 2. The number of carbonyl (C=O) groups is 2. The van der Waals surface area contributed by atoms with Gasteiger partial charge in [0.25, 0.3) is 11.8 Å². The zero-order chi connectivity index (χ0) is 23.7. The standard InChI is InChI=1S/C24H24N4O6/c1-31-15-4-5-16(20(10-15)32-2)24(30)28-8-7-18-17(12-28)22(27-26-18)23(29)25-11-14-3-6-19-21(9-14)34-13-33-19/h3-6,9-10H,7-8,11-13H2,1-2H3,(H,25,29)(H,26,27). The molecule has 0 unspecified atom stereocenters. The molecule has 0 atom stereocenters. The molecule has 2 aliphatic rings. The third-order valence-electron chi connectivity index (χ3n) is 5.96. The van der Waals surface area contributed by atoms with E-state index >= 15 is 0 Å². The molecule has 2 amide bonds. The Bertz CT molecular complexity index is 1250. The van der Waals surface area contributed by atoms with Crippen LogP contribution in [0.2, 0.25) is 0 Å². The zero-order valence-corrected chi connectivity index (χ0v) is 18.8. The predicted molar refractivity (Wildman–Crippen MR) is 120 cm³/mol. The van der Waals surface area contributed by atoms with Crippen LogP contribution in [0.4, 0.5) is 0 Å². The first-order chi connectivity index (χ1) is 16.6. The van der Waals surface area contributed by atoms with Gasteiger partial charge in [0.15, 0.2) is 17.2 Å². The maximum absolute atomic E-state index is 13.2. The van der Waals surface area contributed by atoms with E-state index in [1.54, 1.807) is 30.2 Å². The topological polar surface area (TPSA) is 115 Å². The molecule has 10 heteroatoms. The Morgan fingerprint density at radius 1 is 1.12 bits per heavy atom. The molecule has 176 valence electrons. The average Bonchev–Trinajstić information content (AvgIpc) is 3.52. The molecule has 1 aromatic heterocycles. The van der Waals surface area contributed by atoms with Crippen molar-refractivity contribution in [1.82, 2.24) is 20.4 Å². The number of aromatic amines is 1. The second kappa shape index (κ2) is 8.97. The molecule has 34 heavy (non-hydrogen) atoms. The molecule has 0 radical (unpaired) electrons. The van der Waals surface area contributed by atoms with E-state index in [2.05, 4.69) is 15.5 Å². The van der Waals surface area contributed by atoms with Gasteiger partial charge in [0.2, 0.25) is 6.79 Å². The summed E-state index contributed by atoms with van der Waals surface area (Å²) in [5.41, 5.74) is 3.18. The van der Waals surface area contributed by atoms with Crippen molar-refractivity contribution in [2.45, 2.75) is 19.5 Å². The second-order valence-corrected chi connectivity index (χ2v) is 7.94. The Morgan fingerprint density at radius 3 is 2.79 bits per heavy atom. The summed E-state index contributed by atoms with van der Waals surface area (Å²) in [6.45, 7) is 1.28. The van der Waals surface area contributed by atoms with Crippen molar-refractivity contribution in [2.75, 3.05) is 27.6 Å². The van der Waals surface area contributed by atoms with E-state index < -0.39 is 0 Å². The summed E-state index contributed by atoms with van der Waals surface area (Å²) < 4.78 is 21.3. The van der Waals surface area contributed by atoms with Crippen molar-refractivity contribution in [1.29, 1.82) is 0 Å². The normalized spacial score (nSPS) is 13.9. The first-order valence-electron chi connectivity index (χ1n) is 10.8. The number of rotatable bonds is 6. The fraction of sp³-hybridized carbons (Fsp3) is 0.292. The summed E-state index contributed by atoms with van der Waals surface area (Å²) >= 11 is 0. The van der Waals surface area contributed by atoms with Gasteiger partial charge in [-0.15, -0.1) is 0 Å². The summed E-state index contributed by atoms with van der Waals surface area (Å²) in [4.78, 5) is 27.9. The highest BCUT2D eigenvalue weighted by atomic mass is 16.7. The maximum Gasteiger partial charge on any atom is 0.272 e. The van der Waals surface area contributed by atoms with E-state index in [0.29, 0.717) is 48.1 Å². The summed E-state index contributed by atoms with van der Waals surface area (Å²) in [5, 5.41) is 10.1. The lowest BCUT2D eigenvalue weighted by Gasteiger charge is -2.27. The Labute approximate surface area is 195 Å². The zero-order valence-electron chi connectivity index (χ0n) is 18.8. The monoisotopic (exact) mass is 464 g/mol. The van der Waals surface area contributed by atoms with E-state index in [4.69, 9.17) is 18.9 Å². The number of nitrogens with one attached hydrogen (secondary N) is 2. The van der Waals surface area contributed by atoms with Gasteiger partial charge >= 0.3 is 0 Å². The SMILES string of the molecule is COc1ccc(C(=O)N2CCc3[nH]nc(C(=O)NCc4ccc5c(c4)OCO5)c3C2)c(OC)c1. The van der Waals surface area contributed by atoms with Crippen LogP contribution in [0.3, 0.4) is 0 Å². The van der Waals surface area contributed by atoms with Gasteiger partial charge in [0, 0.05) is 36.8 Å². The molecule has 0 aliphatic carbocycles. The number of amides is 2. The molecule has 2 N–H and O–H groups in total. The fourth-order valence-electron chi connectivity index (χ4n) is 4.12. The first kappa shape index (κ1) is 21.6. The second-order valence-electron chi connectivity index (χ2n) is 7.94. The van der Waals surface area contributed by atoms with Gasteiger partial charge in [-0.3, -0.25) is 14.7 Å². The lowest BCUT2D eigenvalue weighted by Crippen LogP contribution is -2.37. The van der Waals surface area contributed by atoms with E-state index in [0.717, 1.165) is 16.8 Å². The molecule has 10 nitrogen and oxygen atoms in total. The van der Waals surface area contributed by atoms with Gasteiger partial charge in [-0.1, -0.05) is 6.07 Å². The van der Waals surface area contributed by atoms with Gasteiger partial charge in [-0.25, -0.2) is 0 Å². The molecule has 0 bridgehead atoms. The molecule has 0 spiro atoms. The third kappa shape index (κ3) is 3.98. The van der Waals surface area contributed by atoms with Gasteiger partial charge in [0.1, 0.15) is 11.5 Å². The molecule has 0 saturated heterocycles. The van der Waals surface area contributed by atoms with Crippen LogP contribution >= 0.6 is 0 Å². The molecule has 5 rings (SSSR count). The molecule has 3 aromatic rings. The predicted octanol–water partition coefficient (Wildman–Crippen LogP) is 2.28. The molecule has 2 aliphatic heterocycles. The molecule has 3 heterocycles. The Hall–Kier alpha value is -4.21. The lowest BCUT2D eigenvalue weighted by molar-refractivity contribution is 0.0727. The number of aromatic nitrogens is 2. The van der Waals surface area contributed by atoms with Crippen LogP contribution in [0.25, 0.3) is 0 Å². The summed E-state index contributed by atoms with van der Waals surface area (Å²) in [7, 11) is 3.07. The average molecular weight is 464 g/mol. The fourth-order valence-corrected chi connectivity index (χ4v) is 4.12. The quantitative estimate of drug-likeness (QED) is 0.575.